The molecule has 0 saturated heterocycles. The first-order chi connectivity index (χ1) is 22.3. The molecule has 46 heavy (non-hydrogen) atoms. The van der Waals surface area contributed by atoms with Crippen LogP contribution in [-0.2, 0) is 32.6 Å². The predicted octanol–water partition coefficient (Wildman–Crippen LogP) is 5.73. The fraction of sp³-hybridized carbons (Fsp3) is 0.278. The standard InChI is InChI=1S/C36H38FN3O5S/c1-45-34-19-11-10-18-32(34)40(46(43,44)31-16-6-3-7-17-31)26-35(41)39(25-28-20-22-29(37)23-21-28)33(24-27-12-4-2-5-13-27)36(42)38-30-14-8-9-15-30/h2-7,10-13,16-23,30,33H,8-9,14-15,24-26H2,1H3,(H,38,42)/t33-/m0/s1. The van der Waals surface area contributed by atoms with Gasteiger partial charge in [-0.1, -0.05) is 85.6 Å². The van der Waals surface area contributed by atoms with Crippen molar-refractivity contribution in [3.05, 3.63) is 126 Å². The lowest BCUT2D eigenvalue weighted by Crippen LogP contribution is -2.54. The quantitative estimate of drug-likeness (QED) is 0.201. The number of methoxy groups -OCH3 is 1. The van der Waals surface area contributed by atoms with Crippen LogP contribution in [0.1, 0.15) is 36.8 Å². The van der Waals surface area contributed by atoms with Gasteiger partial charge in [0, 0.05) is 19.0 Å². The molecule has 1 atom stereocenters. The number of para-hydroxylation sites is 2. The third-order valence-electron chi connectivity index (χ3n) is 8.20. The summed E-state index contributed by atoms with van der Waals surface area (Å²) in [6.45, 7) is -0.652. The summed E-state index contributed by atoms with van der Waals surface area (Å²) in [4.78, 5) is 30.0. The minimum absolute atomic E-state index is 0.00129. The summed E-state index contributed by atoms with van der Waals surface area (Å²) < 4.78 is 48.7. The summed E-state index contributed by atoms with van der Waals surface area (Å²) in [6, 6.07) is 28.5. The Hall–Kier alpha value is -4.70. The molecule has 5 rings (SSSR count). The monoisotopic (exact) mass is 643 g/mol. The maximum absolute atomic E-state index is 14.6. The number of benzene rings is 4. The van der Waals surface area contributed by atoms with Gasteiger partial charge in [0.05, 0.1) is 17.7 Å². The van der Waals surface area contributed by atoms with Crippen LogP contribution in [0.2, 0.25) is 0 Å². The fourth-order valence-electron chi connectivity index (χ4n) is 5.78. The molecule has 0 unspecified atom stereocenters. The molecule has 0 bridgehead atoms. The Balaban J connectivity index is 1.58. The SMILES string of the molecule is COc1ccccc1N(CC(=O)N(Cc1ccc(F)cc1)[C@@H](Cc1ccccc1)C(=O)NC1CCCC1)S(=O)(=O)c1ccccc1. The molecule has 4 aromatic rings. The summed E-state index contributed by atoms with van der Waals surface area (Å²) in [6.07, 6.45) is 3.93. The molecule has 0 aliphatic heterocycles. The van der Waals surface area contributed by atoms with Gasteiger partial charge in [0.1, 0.15) is 24.2 Å². The second-order valence-electron chi connectivity index (χ2n) is 11.3. The second-order valence-corrected chi connectivity index (χ2v) is 13.2. The van der Waals surface area contributed by atoms with Crippen LogP contribution < -0.4 is 14.4 Å². The third-order valence-corrected chi connectivity index (χ3v) is 9.98. The fourth-order valence-corrected chi connectivity index (χ4v) is 7.22. The highest BCUT2D eigenvalue weighted by Gasteiger charge is 2.36. The van der Waals surface area contributed by atoms with E-state index in [2.05, 4.69) is 5.32 Å². The molecule has 4 aromatic carbocycles. The van der Waals surface area contributed by atoms with Crippen LogP contribution >= 0.6 is 0 Å². The van der Waals surface area contributed by atoms with Crippen molar-refractivity contribution < 1.29 is 27.1 Å². The zero-order chi connectivity index (χ0) is 32.5. The molecular formula is C36H38FN3O5S. The highest BCUT2D eigenvalue weighted by molar-refractivity contribution is 7.92. The normalized spacial score (nSPS) is 14.0. The largest absolute Gasteiger partial charge is 0.495 e. The van der Waals surface area contributed by atoms with Gasteiger partial charge < -0.3 is 15.0 Å². The number of halogens is 1. The van der Waals surface area contributed by atoms with Crippen molar-refractivity contribution in [1.82, 2.24) is 10.2 Å². The van der Waals surface area contributed by atoms with Crippen molar-refractivity contribution in [2.45, 2.75) is 55.6 Å². The topological polar surface area (TPSA) is 96.0 Å². The zero-order valence-electron chi connectivity index (χ0n) is 25.7. The Kier molecular flexibility index (Phi) is 10.7. The molecule has 1 aliphatic carbocycles. The van der Waals surface area contributed by atoms with Gasteiger partial charge in [-0.05, 0) is 60.4 Å². The van der Waals surface area contributed by atoms with Crippen LogP contribution in [-0.4, -0.2) is 50.9 Å². The smallest absolute Gasteiger partial charge is 0.264 e. The van der Waals surface area contributed by atoms with Gasteiger partial charge in [0.2, 0.25) is 11.8 Å². The molecule has 1 fully saturated rings. The van der Waals surface area contributed by atoms with Crippen molar-refractivity contribution in [2.24, 2.45) is 0 Å². The van der Waals surface area contributed by atoms with E-state index in [-0.39, 0.29) is 41.2 Å². The highest BCUT2D eigenvalue weighted by Crippen LogP contribution is 2.32. The van der Waals surface area contributed by atoms with Crippen molar-refractivity contribution in [3.63, 3.8) is 0 Å². The van der Waals surface area contributed by atoms with E-state index in [9.17, 15) is 22.4 Å². The van der Waals surface area contributed by atoms with Crippen LogP contribution in [0.3, 0.4) is 0 Å². The highest BCUT2D eigenvalue weighted by atomic mass is 32.2. The first-order valence-corrected chi connectivity index (χ1v) is 16.8. The Morgan fingerprint density at radius 2 is 1.46 bits per heavy atom. The summed E-state index contributed by atoms with van der Waals surface area (Å²) in [7, 11) is -2.83. The van der Waals surface area contributed by atoms with E-state index in [0.29, 0.717) is 5.56 Å². The number of carbonyl (C=O) groups is 2. The Morgan fingerprint density at radius 1 is 0.848 bits per heavy atom. The minimum atomic E-state index is -4.26. The molecule has 8 nitrogen and oxygen atoms in total. The predicted molar refractivity (Wildman–Crippen MR) is 175 cm³/mol. The van der Waals surface area contributed by atoms with Crippen LogP contribution in [0, 0.1) is 5.82 Å². The lowest BCUT2D eigenvalue weighted by molar-refractivity contribution is -0.140. The Bertz CT molecular complexity index is 1710. The molecule has 10 heteroatoms. The number of anilines is 1. The number of hydrogen-bond donors (Lipinski definition) is 1. The lowest BCUT2D eigenvalue weighted by Gasteiger charge is -2.34. The molecule has 0 aromatic heterocycles. The van der Waals surface area contributed by atoms with Crippen LogP contribution in [0.5, 0.6) is 5.75 Å². The first kappa shape index (κ1) is 32.7. The van der Waals surface area contributed by atoms with Crippen LogP contribution in [0.15, 0.2) is 114 Å². The van der Waals surface area contributed by atoms with Gasteiger partial charge in [-0.3, -0.25) is 13.9 Å². The van der Waals surface area contributed by atoms with Gasteiger partial charge in [-0.25, -0.2) is 12.8 Å². The zero-order valence-corrected chi connectivity index (χ0v) is 26.5. The number of nitrogens with zero attached hydrogens (tertiary/aromatic N) is 2. The number of sulfonamides is 1. The maximum atomic E-state index is 14.6. The van der Waals surface area contributed by atoms with Gasteiger partial charge >= 0.3 is 0 Å². The minimum Gasteiger partial charge on any atom is -0.495 e. The molecule has 0 heterocycles. The van der Waals surface area contributed by atoms with E-state index in [1.807, 2.05) is 30.3 Å². The van der Waals surface area contributed by atoms with Crippen LogP contribution in [0.4, 0.5) is 10.1 Å². The molecule has 2 amide bonds. The van der Waals surface area contributed by atoms with E-state index in [1.165, 1.54) is 36.3 Å². The van der Waals surface area contributed by atoms with E-state index in [0.717, 1.165) is 35.6 Å². The van der Waals surface area contributed by atoms with Crippen molar-refractivity contribution >= 4 is 27.5 Å². The summed E-state index contributed by atoms with van der Waals surface area (Å²) in [5.41, 5.74) is 1.61. The summed E-state index contributed by atoms with van der Waals surface area (Å²) >= 11 is 0. The van der Waals surface area contributed by atoms with E-state index >= 15 is 0 Å². The van der Waals surface area contributed by atoms with Gasteiger partial charge in [-0.15, -0.1) is 0 Å². The molecule has 0 spiro atoms. The lowest BCUT2D eigenvalue weighted by atomic mass is 10.0. The molecule has 240 valence electrons. The van der Waals surface area contributed by atoms with Crippen molar-refractivity contribution in [2.75, 3.05) is 18.0 Å². The molecule has 0 radical (unpaired) electrons. The number of amides is 2. The van der Waals surface area contributed by atoms with Gasteiger partial charge in [0.15, 0.2) is 0 Å². The number of rotatable bonds is 13. The average molecular weight is 644 g/mol. The number of ether oxygens (including phenoxy) is 1. The van der Waals surface area contributed by atoms with E-state index < -0.39 is 34.3 Å². The molecule has 1 N–H and O–H groups in total. The Morgan fingerprint density at radius 3 is 2.11 bits per heavy atom. The maximum Gasteiger partial charge on any atom is 0.264 e. The van der Waals surface area contributed by atoms with Crippen molar-refractivity contribution in [3.8, 4) is 5.75 Å². The molecule has 1 saturated carbocycles. The Labute approximate surface area is 269 Å². The average Bonchev–Trinajstić information content (AvgIpc) is 3.59. The van der Waals surface area contributed by atoms with E-state index in [4.69, 9.17) is 4.74 Å². The van der Waals surface area contributed by atoms with Gasteiger partial charge in [0.25, 0.3) is 10.0 Å². The number of carbonyl (C=O) groups excluding carboxylic acids is 2. The summed E-state index contributed by atoms with van der Waals surface area (Å²) in [5, 5.41) is 3.14. The molecular weight excluding hydrogens is 605 g/mol. The molecule has 1 aliphatic rings. The van der Waals surface area contributed by atoms with Gasteiger partial charge in [-0.2, -0.15) is 0 Å². The third kappa shape index (κ3) is 7.92. The van der Waals surface area contributed by atoms with E-state index in [1.54, 1.807) is 54.6 Å². The first-order valence-electron chi connectivity index (χ1n) is 15.4. The number of nitrogens with one attached hydrogen (secondary N) is 1. The number of hydrogen-bond acceptors (Lipinski definition) is 5. The van der Waals surface area contributed by atoms with Crippen LogP contribution in [0.25, 0.3) is 0 Å². The second kappa shape index (κ2) is 15.1. The van der Waals surface area contributed by atoms with Crippen molar-refractivity contribution in [1.29, 1.82) is 0 Å². The summed E-state index contributed by atoms with van der Waals surface area (Å²) in [5.74, 6) is -1.09.